The van der Waals surface area contributed by atoms with Crippen molar-refractivity contribution < 1.29 is 4.79 Å². The molecule has 0 spiro atoms. The van der Waals surface area contributed by atoms with Gasteiger partial charge in [-0.2, -0.15) is 11.8 Å². The normalized spacial score (nSPS) is 10.6. The standard InChI is InChI=1S/C18H19Cl2NOS/c1-12-4-3-5-17(13(12)2)21-18(22)8-9-23-11-14-6-7-15(19)16(20)10-14/h3-7,10H,8-9,11H2,1-2H3,(H,21,22). The van der Waals surface area contributed by atoms with Crippen molar-refractivity contribution in [3.63, 3.8) is 0 Å². The zero-order valence-electron chi connectivity index (χ0n) is 13.2. The van der Waals surface area contributed by atoms with Crippen molar-refractivity contribution in [1.29, 1.82) is 0 Å². The highest BCUT2D eigenvalue weighted by Crippen LogP contribution is 2.25. The Hall–Kier alpha value is -1.16. The van der Waals surface area contributed by atoms with Gasteiger partial charge in [0.25, 0.3) is 0 Å². The number of carbonyl (C=O) groups is 1. The number of halogens is 2. The Morgan fingerprint density at radius 3 is 2.65 bits per heavy atom. The third-order valence-electron chi connectivity index (χ3n) is 3.60. The summed E-state index contributed by atoms with van der Waals surface area (Å²) in [7, 11) is 0. The van der Waals surface area contributed by atoms with Crippen LogP contribution in [0.1, 0.15) is 23.1 Å². The molecule has 0 unspecified atom stereocenters. The number of hydrogen-bond acceptors (Lipinski definition) is 2. The van der Waals surface area contributed by atoms with Gasteiger partial charge in [0.1, 0.15) is 0 Å². The third kappa shape index (κ3) is 5.45. The van der Waals surface area contributed by atoms with Crippen LogP contribution in [0.15, 0.2) is 36.4 Å². The first-order valence-corrected chi connectivity index (χ1v) is 9.26. The van der Waals surface area contributed by atoms with Crippen LogP contribution in [-0.2, 0) is 10.5 Å². The Morgan fingerprint density at radius 2 is 1.91 bits per heavy atom. The zero-order valence-corrected chi connectivity index (χ0v) is 15.5. The topological polar surface area (TPSA) is 29.1 Å². The average molecular weight is 368 g/mol. The van der Waals surface area contributed by atoms with Crippen molar-refractivity contribution in [2.45, 2.75) is 26.0 Å². The van der Waals surface area contributed by atoms with Gasteiger partial charge in [-0.05, 0) is 48.7 Å². The molecule has 0 saturated heterocycles. The molecule has 0 fully saturated rings. The van der Waals surface area contributed by atoms with Crippen LogP contribution >= 0.6 is 35.0 Å². The summed E-state index contributed by atoms with van der Waals surface area (Å²) in [6.45, 7) is 4.06. The second kappa shape index (κ2) is 8.62. The number of rotatable bonds is 6. The minimum atomic E-state index is 0.0420. The van der Waals surface area contributed by atoms with Gasteiger partial charge in [-0.1, -0.05) is 41.4 Å². The molecular formula is C18H19Cl2NOS. The lowest BCUT2D eigenvalue weighted by molar-refractivity contribution is -0.115. The van der Waals surface area contributed by atoms with Crippen molar-refractivity contribution in [1.82, 2.24) is 0 Å². The van der Waals surface area contributed by atoms with Gasteiger partial charge in [0.15, 0.2) is 0 Å². The van der Waals surface area contributed by atoms with Crippen molar-refractivity contribution in [2.24, 2.45) is 0 Å². The van der Waals surface area contributed by atoms with E-state index in [1.54, 1.807) is 17.8 Å². The van der Waals surface area contributed by atoms with Crippen LogP contribution in [0, 0.1) is 13.8 Å². The largest absolute Gasteiger partial charge is 0.326 e. The lowest BCUT2D eigenvalue weighted by atomic mass is 10.1. The number of nitrogens with one attached hydrogen (secondary N) is 1. The molecule has 0 bridgehead atoms. The van der Waals surface area contributed by atoms with Gasteiger partial charge in [-0.25, -0.2) is 0 Å². The highest BCUT2D eigenvalue weighted by Gasteiger charge is 2.06. The minimum Gasteiger partial charge on any atom is -0.326 e. The lowest BCUT2D eigenvalue weighted by Gasteiger charge is -2.10. The van der Waals surface area contributed by atoms with E-state index in [-0.39, 0.29) is 5.91 Å². The number of hydrogen-bond donors (Lipinski definition) is 1. The third-order valence-corrected chi connectivity index (χ3v) is 5.37. The number of amides is 1. The van der Waals surface area contributed by atoms with E-state index in [0.29, 0.717) is 16.5 Å². The van der Waals surface area contributed by atoms with Gasteiger partial charge in [-0.3, -0.25) is 4.79 Å². The van der Waals surface area contributed by atoms with Crippen LogP contribution in [0.25, 0.3) is 0 Å². The van der Waals surface area contributed by atoms with E-state index < -0.39 is 0 Å². The molecule has 0 aliphatic rings. The molecule has 2 aromatic carbocycles. The van der Waals surface area contributed by atoms with Crippen molar-refractivity contribution >= 4 is 46.6 Å². The summed E-state index contributed by atoms with van der Waals surface area (Å²) in [4.78, 5) is 12.0. The molecule has 122 valence electrons. The molecule has 0 saturated carbocycles. The van der Waals surface area contributed by atoms with E-state index in [9.17, 15) is 4.79 Å². The van der Waals surface area contributed by atoms with Crippen LogP contribution in [0.4, 0.5) is 5.69 Å². The quantitative estimate of drug-likeness (QED) is 0.646. The molecule has 0 aliphatic heterocycles. The van der Waals surface area contributed by atoms with Crippen molar-refractivity contribution in [3.05, 3.63) is 63.1 Å². The molecule has 2 rings (SSSR count). The summed E-state index contributed by atoms with van der Waals surface area (Å²) >= 11 is 13.6. The number of aryl methyl sites for hydroxylation is 1. The monoisotopic (exact) mass is 367 g/mol. The van der Waals surface area contributed by atoms with Gasteiger partial charge in [0.2, 0.25) is 5.91 Å². The lowest BCUT2D eigenvalue weighted by Crippen LogP contribution is -2.13. The fourth-order valence-corrected chi connectivity index (χ4v) is 3.29. The van der Waals surface area contributed by atoms with E-state index in [0.717, 1.165) is 28.3 Å². The SMILES string of the molecule is Cc1cccc(NC(=O)CCSCc2ccc(Cl)c(Cl)c2)c1C. The first kappa shape index (κ1) is 18.2. The highest BCUT2D eigenvalue weighted by atomic mass is 35.5. The summed E-state index contributed by atoms with van der Waals surface area (Å²) in [5.74, 6) is 1.62. The Balaban J connectivity index is 1.76. The zero-order chi connectivity index (χ0) is 16.8. The van der Waals surface area contributed by atoms with Crippen molar-refractivity contribution in [2.75, 3.05) is 11.1 Å². The fraction of sp³-hybridized carbons (Fsp3) is 0.278. The fourth-order valence-electron chi connectivity index (χ4n) is 2.08. The average Bonchev–Trinajstić information content (AvgIpc) is 2.52. The van der Waals surface area contributed by atoms with Gasteiger partial charge < -0.3 is 5.32 Å². The van der Waals surface area contributed by atoms with Crippen LogP contribution in [0.3, 0.4) is 0 Å². The summed E-state index contributed by atoms with van der Waals surface area (Å²) in [5, 5.41) is 4.11. The Morgan fingerprint density at radius 1 is 1.13 bits per heavy atom. The molecule has 23 heavy (non-hydrogen) atoms. The van der Waals surface area contributed by atoms with E-state index in [1.165, 1.54) is 5.56 Å². The number of benzene rings is 2. The van der Waals surface area contributed by atoms with E-state index >= 15 is 0 Å². The molecule has 0 aromatic heterocycles. The summed E-state index contributed by atoms with van der Waals surface area (Å²) < 4.78 is 0. The summed E-state index contributed by atoms with van der Waals surface area (Å²) in [5.41, 5.74) is 4.30. The van der Waals surface area contributed by atoms with Crippen LogP contribution < -0.4 is 5.32 Å². The number of anilines is 1. The highest BCUT2D eigenvalue weighted by molar-refractivity contribution is 7.98. The molecule has 5 heteroatoms. The van der Waals surface area contributed by atoms with Crippen LogP contribution in [0.2, 0.25) is 10.0 Å². The number of carbonyl (C=O) groups excluding carboxylic acids is 1. The van der Waals surface area contributed by atoms with Gasteiger partial charge >= 0.3 is 0 Å². The molecular weight excluding hydrogens is 349 g/mol. The minimum absolute atomic E-state index is 0.0420. The smallest absolute Gasteiger partial charge is 0.225 e. The Labute approximate surface area is 151 Å². The predicted molar refractivity (Wildman–Crippen MR) is 102 cm³/mol. The van der Waals surface area contributed by atoms with Gasteiger partial charge in [-0.15, -0.1) is 0 Å². The molecule has 0 heterocycles. The summed E-state index contributed by atoms with van der Waals surface area (Å²) in [6, 6.07) is 11.6. The van der Waals surface area contributed by atoms with E-state index in [1.807, 2.05) is 44.2 Å². The van der Waals surface area contributed by atoms with Gasteiger partial charge in [0.05, 0.1) is 10.0 Å². The molecule has 0 radical (unpaired) electrons. The first-order chi connectivity index (χ1) is 11.0. The maximum atomic E-state index is 12.0. The van der Waals surface area contributed by atoms with E-state index in [2.05, 4.69) is 5.32 Å². The number of thioether (sulfide) groups is 1. The summed E-state index contributed by atoms with van der Waals surface area (Å²) in [6.07, 6.45) is 0.485. The maximum Gasteiger partial charge on any atom is 0.225 e. The van der Waals surface area contributed by atoms with Gasteiger partial charge in [0, 0.05) is 23.6 Å². The second-order valence-electron chi connectivity index (χ2n) is 5.35. The van der Waals surface area contributed by atoms with Crippen LogP contribution in [0.5, 0.6) is 0 Å². The van der Waals surface area contributed by atoms with Crippen molar-refractivity contribution in [3.8, 4) is 0 Å². The van der Waals surface area contributed by atoms with E-state index in [4.69, 9.17) is 23.2 Å². The van der Waals surface area contributed by atoms with Crippen LogP contribution in [-0.4, -0.2) is 11.7 Å². The molecule has 2 aromatic rings. The predicted octanol–water partition coefficient (Wildman–Crippen LogP) is 5.87. The molecule has 1 N–H and O–H groups in total. The second-order valence-corrected chi connectivity index (χ2v) is 7.27. The maximum absolute atomic E-state index is 12.0. The molecule has 1 amide bonds. The molecule has 0 aliphatic carbocycles. The Kier molecular flexibility index (Phi) is 6.82. The molecule has 2 nitrogen and oxygen atoms in total. The first-order valence-electron chi connectivity index (χ1n) is 7.35. The molecule has 0 atom stereocenters. The Bertz CT molecular complexity index is 703.